The van der Waals surface area contributed by atoms with Crippen molar-refractivity contribution < 1.29 is 9.82 Å². The van der Waals surface area contributed by atoms with Crippen LogP contribution in [0.15, 0.2) is 30.3 Å². The first-order chi connectivity index (χ1) is 11.0. The lowest BCUT2D eigenvalue weighted by molar-refractivity contribution is 0.0865. The average Bonchev–Trinajstić information content (AvgIpc) is 2.57. The van der Waals surface area contributed by atoms with Crippen molar-refractivity contribution in [3.05, 3.63) is 47.0 Å². The number of carbonyl (C=O) groups is 1. The van der Waals surface area contributed by atoms with Gasteiger partial charge in [-0.15, -0.1) is 0 Å². The van der Waals surface area contributed by atoms with Crippen molar-refractivity contribution in [2.24, 2.45) is 5.92 Å². The number of carbonyl (C=O) groups excluding carboxylic acids is 1. The van der Waals surface area contributed by atoms with Crippen molar-refractivity contribution in [1.29, 1.82) is 0 Å². The molecule has 0 aromatic heterocycles. The van der Waals surface area contributed by atoms with E-state index in [1.54, 1.807) is 6.82 Å². The zero-order valence-corrected chi connectivity index (χ0v) is 14.2. The van der Waals surface area contributed by atoms with E-state index >= 15 is 0 Å². The van der Waals surface area contributed by atoms with E-state index < -0.39 is 7.05 Å². The van der Waals surface area contributed by atoms with Gasteiger partial charge in [-0.2, -0.15) is 0 Å². The second-order valence-corrected chi connectivity index (χ2v) is 6.77. The quantitative estimate of drug-likeness (QED) is 0.697. The lowest BCUT2D eigenvalue weighted by Gasteiger charge is -2.32. The third-order valence-electron chi connectivity index (χ3n) is 5.20. The number of hydrogen-bond donors (Lipinski definition) is 1. The SMILES string of the molecule is CB(O)N1CCCC(C(=O)c2ccc3c(C)c(C)ccc3c2)C1. The van der Waals surface area contributed by atoms with Crippen LogP contribution < -0.4 is 0 Å². The molecule has 1 heterocycles. The van der Waals surface area contributed by atoms with Crippen LogP contribution in [0.2, 0.25) is 6.82 Å². The van der Waals surface area contributed by atoms with Gasteiger partial charge in [0.1, 0.15) is 0 Å². The molecule has 0 amide bonds. The minimum Gasteiger partial charge on any atom is -0.437 e. The normalized spacial score (nSPS) is 19.0. The van der Waals surface area contributed by atoms with Crippen LogP contribution in [0, 0.1) is 19.8 Å². The van der Waals surface area contributed by atoms with Crippen molar-refractivity contribution in [3.63, 3.8) is 0 Å². The monoisotopic (exact) mass is 309 g/mol. The Morgan fingerprint density at radius 3 is 2.78 bits per heavy atom. The number of rotatable bonds is 3. The molecule has 2 aromatic carbocycles. The highest BCUT2D eigenvalue weighted by molar-refractivity contribution is 6.45. The predicted octanol–water partition coefficient (Wildman–Crippen LogP) is 3.46. The van der Waals surface area contributed by atoms with E-state index in [1.165, 1.54) is 16.5 Å². The molecule has 1 saturated heterocycles. The molecular weight excluding hydrogens is 285 g/mol. The van der Waals surface area contributed by atoms with E-state index in [-0.39, 0.29) is 11.7 Å². The van der Waals surface area contributed by atoms with Gasteiger partial charge in [-0.25, -0.2) is 0 Å². The molecule has 1 fully saturated rings. The van der Waals surface area contributed by atoms with Gasteiger partial charge in [0.05, 0.1) is 0 Å². The molecule has 1 N–H and O–H groups in total. The highest BCUT2D eigenvalue weighted by atomic mass is 16.2. The molecule has 0 saturated carbocycles. The molecule has 2 aromatic rings. The second-order valence-electron chi connectivity index (χ2n) is 6.77. The Morgan fingerprint density at radius 2 is 2.04 bits per heavy atom. The topological polar surface area (TPSA) is 40.5 Å². The molecule has 1 unspecified atom stereocenters. The largest absolute Gasteiger partial charge is 0.437 e. The molecule has 0 aliphatic carbocycles. The van der Waals surface area contributed by atoms with Gasteiger partial charge in [0.25, 0.3) is 0 Å². The molecule has 1 atom stereocenters. The molecule has 1 aliphatic rings. The summed E-state index contributed by atoms with van der Waals surface area (Å²) in [4.78, 5) is 14.8. The summed E-state index contributed by atoms with van der Waals surface area (Å²) in [6, 6.07) is 10.3. The Morgan fingerprint density at radius 1 is 1.26 bits per heavy atom. The number of piperidine rings is 1. The molecule has 23 heavy (non-hydrogen) atoms. The molecule has 3 rings (SSSR count). The Labute approximate surface area is 138 Å². The van der Waals surface area contributed by atoms with E-state index in [4.69, 9.17) is 0 Å². The van der Waals surface area contributed by atoms with Gasteiger partial charge < -0.3 is 9.83 Å². The van der Waals surface area contributed by atoms with Crippen LogP contribution in [-0.2, 0) is 0 Å². The molecule has 0 bridgehead atoms. The second kappa shape index (κ2) is 6.46. The summed E-state index contributed by atoms with van der Waals surface area (Å²) in [7, 11) is -0.479. The van der Waals surface area contributed by atoms with Gasteiger partial charge in [-0.3, -0.25) is 4.79 Å². The van der Waals surface area contributed by atoms with E-state index in [9.17, 15) is 9.82 Å². The fourth-order valence-electron chi connectivity index (χ4n) is 3.54. The zero-order valence-electron chi connectivity index (χ0n) is 14.2. The van der Waals surface area contributed by atoms with Crippen molar-refractivity contribution in [2.75, 3.05) is 13.1 Å². The number of ketones is 1. The highest BCUT2D eigenvalue weighted by Gasteiger charge is 2.29. The first-order valence-electron chi connectivity index (χ1n) is 8.43. The van der Waals surface area contributed by atoms with Gasteiger partial charge in [0, 0.05) is 11.5 Å². The third kappa shape index (κ3) is 3.19. The molecule has 3 nitrogen and oxygen atoms in total. The van der Waals surface area contributed by atoms with Crippen molar-refractivity contribution >= 4 is 23.6 Å². The van der Waals surface area contributed by atoms with Crippen LogP contribution in [0.3, 0.4) is 0 Å². The summed E-state index contributed by atoms with van der Waals surface area (Å²) >= 11 is 0. The van der Waals surface area contributed by atoms with Gasteiger partial charge in [0.2, 0.25) is 0 Å². The van der Waals surface area contributed by atoms with Crippen molar-refractivity contribution in [3.8, 4) is 0 Å². The maximum absolute atomic E-state index is 12.9. The smallest absolute Gasteiger partial charge is 0.376 e. The Kier molecular flexibility index (Phi) is 4.56. The summed E-state index contributed by atoms with van der Waals surface area (Å²) in [6.45, 7) is 7.54. The van der Waals surface area contributed by atoms with Crippen LogP contribution in [0.5, 0.6) is 0 Å². The van der Waals surface area contributed by atoms with E-state index in [1.807, 2.05) is 16.9 Å². The molecule has 120 valence electrons. The molecule has 0 radical (unpaired) electrons. The fraction of sp³-hybridized carbons (Fsp3) is 0.421. The third-order valence-corrected chi connectivity index (χ3v) is 5.20. The zero-order chi connectivity index (χ0) is 16.6. The van der Waals surface area contributed by atoms with Crippen LogP contribution in [-0.4, -0.2) is 35.8 Å². The Bertz CT molecular complexity index is 741. The number of aryl methyl sites for hydroxylation is 2. The van der Waals surface area contributed by atoms with E-state index in [0.29, 0.717) is 6.54 Å². The van der Waals surface area contributed by atoms with E-state index in [2.05, 4.69) is 32.0 Å². The fourth-order valence-corrected chi connectivity index (χ4v) is 3.54. The van der Waals surface area contributed by atoms with Gasteiger partial charge in [-0.05, 0) is 74.6 Å². The summed E-state index contributed by atoms with van der Waals surface area (Å²) in [5, 5.41) is 12.1. The summed E-state index contributed by atoms with van der Waals surface area (Å²) < 4.78 is 0. The van der Waals surface area contributed by atoms with Crippen molar-refractivity contribution in [2.45, 2.75) is 33.5 Å². The Balaban J connectivity index is 1.88. The number of fused-ring (bicyclic) bond motifs is 1. The first kappa shape index (κ1) is 16.2. The van der Waals surface area contributed by atoms with E-state index in [0.717, 1.165) is 30.3 Å². The maximum atomic E-state index is 12.9. The average molecular weight is 309 g/mol. The minimum atomic E-state index is -0.479. The van der Waals surface area contributed by atoms with Gasteiger partial charge in [-0.1, -0.05) is 24.3 Å². The number of nitrogens with zero attached hydrogens (tertiary/aromatic N) is 1. The molecule has 4 heteroatoms. The number of benzene rings is 2. The summed E-state index contributed by atoms with van der Waals surface area (Å²) in [5.74, 6) is 0.192. The van der Waals surface area contributed by atoms with Crippen LogP contribution in [0.4, 0.5) is 0 Å². The van der Waals surface area contributed by atoms with Crippen LogP contribution >= 0.6 is 0 Å². The summed E-state index contributed by atoms with van der Waals surface area (Å²) in [6.07, 6.45) is 1.88. The number of hydrogen-bond acceptors (Lipinski definition) is 3. The van der Waals surface area contributed by atoms with Crippen LogP contribution in [0.1, 0.15) is 34.3 Å². The highest BCUT2D eigenvalue weighted by Crippen LogP contribution is 2.26. The van der Waals surface area contributed by atoms with Crippen LogP contribution in [0.25, 0.3) is 10.8 Å². The minimum absolute atomic E-state index is 0.0117. The lowest BCUT2D eigenvalue weighted by atomic mass is 9.79. The Hall–Kier alpha value is -1.65. The summed E-state index contributed by atoms with van der Waals surface area (Å²) in [5.41, 5.74) is 3.34. The molecular formula is C19H24BNO2. The standard InChI is InChI=1S/C19H24BNO2/c1-13-6-7-15-11-16(8-9-18(15)14(13)2)19(22)17-5-4-10-21(12-17)20(3)23/h6-9,11,17,23H,4-5,10,12H2,1-3H3. The first-order valence-corrected chi connectivity index (χ1v) is 8.43. The molecule has 0 spiro atoms. The molecule has 1 aliphatic heterocycles. The van der Waals surface area contributed by atoms with Crippen molar-refractivity contribution in [1.82, 2.24) is 4.81 Å². The maximum Gasteiger partial charge on any atom is 0.376 e. The van der Waals surface area contributed by atoms with Gasteiger partial charge in [0.15, 0.2) is 5.78 Å². The predicted molar refractivity (Wildman–Crippen MR) is 95.9 cm³/mol. The lowest BCUT2D eigenvalue weighted by Crippen LogP contribution is -2.46. The number of Topliss-reactive ketones (excluding diaryl/α,β-unsaturated/α-hetero) is 1. The van der Waals surface area contributed by atoms with Gasteiger partial charge >= 0.3 is 7.05 Å².